The van der Waals surface area contributed by atoms with Gasteiger partial charge >= 0.3 is 0 Å². The molecule has 7 heteroatoms. The summed E-state index contributed by atoms with van der Waals surface area (Å²) in [5.41, 5.74) is 1.64. The largest absolute Gasteiger partial charge is 0.347 e. The first-order valence-electron chi connectivity index (χ1n) is 7.33. The highest BCUT2D eigenvalue weighted by molar-refractivity contribution is 6.31. The molecular weight excluding hydrogens is 304 g/mol. The van der Waals surface area contributed by atoms with Crippen LogP contribution in [0.1, 0.15) is 31.5 Å². The number of aromatic nitrogens is 2. The van der Waals surface area contributed by atoms with Crippen molar-refractivity contribution in [3.8, 4) is 0 Å². The lowest BCUT2D eigenvalue weighted by Crippen LogP contribution is -2.45. The first kappa shape index (κ1) is 14.8. The lowest BCUT2D eigenvalue weighted by molar-refractivity contribution is -0.128. The van der Waals surface area contributed by atoms with E-state index in [0.29, 0.717) is 23.7 Å². The van der Waals surface area contributed by atoms with Crippen LogP contribution in [0, 0.1) is 0 Å². The van der Waals surface area contributed by atoms with Crippen molar-refractivity contribution < 1.29 is 9.59 Å². The molecule has 0 unspecified atom stereocenters. The molecule has 1 aromatic carbocycles. The average Bonchev–Trinajstić information content (AvgIpc) is 2.76. The first-order chi connectivity index (χ1) is 10.6. The molecule has 3 rings (SSSR count). The second kappa shape index (κ2) is 6.36. The number of hydrogen-bond acceptors (Lipinski definition) is 3. The SMILES string of the molecule is O=C1CCCC[C@H](C(=O)NCc2nc3ccc(Cl)cc3[nH]2)N1. The molecule has 2 aromatic rings. The number of fused-ring (bicyclic) bond motifs is 1. The predicted octanol–water partition coefficient (Wildman–Crippen LogP) is 1.89. The van der Waals surface area contributed by atoms with Gasteiger partial charge in [0.1, 0.15) is 11.9 Å². The van der Waals surface area contributed by atoms with Crippen LogP contribution in [0.3, 0.4) is 0 Å². The van der Waals surface area contributed by atoms with E-state index in [-0.39, 0.29) is 18.4 Å². The normalized spacial score (nSPS) is 18.8. The quantitative estimate of drug-likeness (QED) is 0.807. The molecule has 1 atom stereocenters. The number of carbonyl (C=O) groups excluding carboxylic acids is 2. The molecule has 22 heavy (non-hydrogen) atoms. The van der Waals surface area contributed by atoms with Crippen LogP contribution in [0.15, 0.2) is 18.2 Å². The Morgan fingerprint density at radius 3 is 3.14 bits per heavy atom. The summed E-state index contributed by atoms with van der Waals surface area (Å²) >= 11 is 5.93. The summed E-state index contributed by atoms with van der Waals surface area (Å²) in [6.07, 6.45) is 2.88. The number of aromatic amines is 1. The van der Waals surface area contributed by atoms with Gasteiger partial charge in [0.05, 0.1) is 17.6 Å². The number of imidazole rings is 1. The zero-order valence-corrected chi connectivity index (χ0v) is 12.7. The van der Waals surface area contributed by atoms with Crippen molar-refractivity contribution in [2.45, 2.75) is 38.3 Å². The van der Waals surface area contributed by atoms with Crippen molar-refractivity contribution in [2.75, 3.05) is 0 Å². The predicted molar refractivity (Wildman–Crippen MR) is 83.3 cm³/mol. The van der Waals surface area contributed by atoms with Crippen LogP contribution in [0.2, 0.25) is 5.02 Å². The van der Waals surface area contributed by atoms with Gasteiger partial charge in [0.15, 0.2) is 0 Å². The van der Waals surface area contributed by atoms with Crippen molar-refractivity contribution in [1.29, 1.82) is 0 Å². The maximum absolute atomic E-state index is 12.2. The van der Waals surface area contributed by atoms with Crippen molar-refractivity contribution >= 4 is 34.4 Å². The zero-order chi connectivity index (χ0) is 15.5. The van der Waals surface area contributed by atoms with Gasteiger partial charge in [-0.25, -0.2) is 4.98 Å². The van der Waals surface area contributed by atoms with Crippen molar-refractivity contribution in [1.82, 2.24) is 20.6 Å². The van der Waals surface area contributed by atoms with E-state index in [1.54, 1.807) is 12.1 Å². The molecular formula is C15H17ClN4O2. The number of nitrogens with zero attached hydrogens (tertiary/aromatic N) is 1. The molecule has 0 radical (unpaired) electrons. The van der Waals surface area contributed by atoms with E-state index in [0.717, 1.165) is 23.9 Å². The minimum Gasteiger partial charge on any atom is -0.347 e. The molecule has 1 fully saturated rings. The minimum absolute atomic E-state index is 0.0592. The topological polar surface area (TPSA) is 86.9 Å². The van der Waals surface area contributed by atoms with E-state index >= 15 is 0 Å². The lowest BCUT2D eigenvalue weighted by Gasteiger charge is -2.14. The molecule has 116 valence electrons. The Balaban J connectivity index is 1.62. The number of amides is 2. The maximum atomic E-state index is 12.2. The molecule has 1 aliphatic heterocycles. The van der Waals surface area contributed by atoms with Crippen LogP contribution >= 0.6 is 11.6 Å². The van der Waals surface area contributed by atoms with E-state index in [2.05, 4.69) is 20.6 Å². The van der Waals surface area contributed by atoms with E-state index in [9.17, 15) is 9.59 Å². The average molecular weight is 321 g/mol. The zero-order valence-electron chi connectivity index (χ0n) is 12.0. The van der Waals surface area contributed by atoms with Gasteiger partial charge in [-0.05, 0) is 31.0 Å². The Hall–Kier alpha value is -2.08. The van der Waals surface area contributed by atoms with Gasteiger partial charge in [-0.1, -0.05) is 18.0 Å². The minimum atomic E-state index is -0.450. The number of nitrogens with one attached hydrogen (secondary N) is 3. The highest BCUT2D eigenvalue weighted by Gasteiger charge is 2.22. The number of rotatable bonds is 3. The monoisotopic (exact) mass is 320 g/mol. The van der Waals surface area contributed by atoms with Crippen LogP contribution in [0.25, 0.3) is 11.0 Å². The van der Waals surface area contributed by atoms with Crippen LogP contribution in [-0.4, -0.2) is 27.8 Å². The smallest absolute Gasteiger partial charge is 0.242 e. The summed E-state index contributed by atoms with van der Waals surface area (Å²) in [5, 5.41) is 6.19. The molecule has 0 spiro atoms. The molecule has 3 N–H and O–H groups in total. The van der Waals surface area contributed by atoms with E-state index in [1.807, 2.05) is 6.07 Å². The highest BCUT2D eigenvalue weighted by atomic mass is 35.5. The van der Waals surface area contributed by atoms with E-state index in [1.165, 1.54) is 0 Å². The fourth-order valence-corrected chi connectivity index (χ4v) is 2.75. The maximum Gasteiger partial charge on any atom is 0.242 e. The van der Waals surface area contributed by atoms with Gasteiger partial charge in [-0.2, -0.15) is 0 Å². The van der Waals surface area contributed by atoms with Crippen molar-refractivity contribution in [3.05, 3.63) is 29.0 Å². The summed E-state index contributed by atoms with van der Waals surface area (Å²) in [6.45, 7) is 0.289. The lowest BCUT2D eigenvalue weighted by atomic mass is 10.1. The third kappa shape index (κ3) is 3.39. The number of halogens is 1. The van der Waals surface area contributed by atoms with Crippen molar-refractivity contribution in [3.63, 3.8) is 0 Å². The molecule has 1 aromatic heterocycles. The number of benzene rings is 1. The van der Waals surface area contributed by atoms with Gasteiger partial charge in [0.2, 0.25) is 11.8 Å². The third-order valence-electron chi connectivity index (χ3n) is 3.72. The molecule has 2 heterocycles. The van der Waals surface area contributed by atoms with Gasteiger partial charge in [-0.15, -0.1) is 0 Å². The van der Waals surface area contributed by atoms with Crippen molar-refractivity contribution in [2.24, 2.45) is 0 Å². The van der Waals surface area contributed by atoms with Crippen LogP contribution in [-0.2, 0) is 16.1 Å². The summed E-state index contributed by atoms with van der Waals surface area (Å²) in [6, 6.07) is 4.94. The van der Waals surface area contributed by atoms with Gasteiger partial charge < -0.3 is 15.6 Å². The number of carbonyl (C=O) groups is 2. The molecule has 1 saturated heterocycles. The number of hydrogen-bond donors (Lipinski definition) is 3. The van der Waals surface area contributed by atoms with Gasteiger partial charge in [0, 0.05) is 11.4 Å². The van der Waals surface area contributed by atoms with Crippen LogP contribution in [0.4, 0.5) is 0 Å². The number of H-pyrrole nitrogens is 1. The van der Waals surface area contributed by atoms with Gasteiger partial charge in [0.25, 0.3) is 0 Å². The molecule has 6 nitrogen and oxygen atoms in total. The Morgan fingerprint density at radius 1 is 1.41 bits per heavy atom. The van der Waals surface area contributed by atoms with Crippen LogP contribution in [0.5, 0.6) is 0 Å². The fraction of sp³-hybridized carbons (Fsp3) is 0.400. The molecule has 0 aliphatic carbocycles. The van der Waals surface area contributed by atoms with E-state index < -0.39 is 6.04 Å². The second-order valence-corrected chi connectivity index (χ2v) is 5.87. The van der Waals surface area contributed by atoms with Crippen LogP contribution < -0.4 is 10.6 Å². The Bertz CT molecular complexity index is 713. The standard InChI is InChI=1S/C15H17ClN4O2/c16-9-5-6-10-12(7-9)19-13(18-10)8-17-15(22)11-3-1-2-4-14(21)20-11/h5-7,11H,1-4,8H2,(H,17,22)(H,18,19)(H,20,21)/t11-/m1/s1. The van der Waals surface area contributed by atoms with E-state index in [4.69, 9.17) is 11.6 Å². The molecule has 2 amide bonds. The summed E-state index contributed by atoms with van der Waals surface area (Å²) < 4.78 is 0. The summed E-state index contributed by atoms with van der Waals surface area (Å²) in [4.78, 5) is 31.2. The Morgan fingerprint density at radius 2 is 2.27 bits per heavy atom. The second-order valence-electron chi connectivity index (χ2n) is 5.43. The Kier molecular flexibility index (Phi) is 4.29. The molecule has 0 bridgehead atoms. The summed E-state index contributed by atoms with van der Waals surface area (Å²) in [7, 11) is 0. The van der Waals surface area contributed by atoms with Gasteiger partial charge in [-0.3, -0.25) is 9.59 Å². The molecule has 0 saturated carbocycles. The summed E-state index contributed by atoms with van der Waals surface area (Å²) in [5.74, 6) is 0.426. The molecule has 1 aliphatic rings. The first-order valence-corrected chi connectivity index (χ1v) is 7.71. The third-order valence-corrected chi connectivity index (χ3v) is 3.96. The fourth-order valence-electron chi connectivity index (χ4n) is 2.58. The Labute approximate surface area is 132 Å². The highest BCUT2D eigenvalue weighted by Crippen LogP contribution is 2.17.